The number of nitrogens with one attached hydrogen (secondary N) is 2. The maximum atomic E-state index is 13.9. The van der Waals surface area contributed by atoms with Gasteiger partial charge >= 0.3 is 0 Å². The Balaban J connectivity index is 2.08. The molecule has 132 valence electrons. The first-order valence-electron chi connectivity index (χ1n) is 7.69. The van der Waals surface area contributed by atoms with Crippen molar-refractivity contribution >= 4 is 50.9 Å². The summed E-state index contributed by atoms with van der Waals surface area (Å²) in [5, 5.41) is 4.96. The number of benzene rings is 2. The minimum absolute atomic E-state index is 0.152. The molecule has 4 nitrogen and oxygen atoms in total. The number of hydrogen-bond donors (Lipinski definition) is 2. The average molecular weight is 425 g/mol. The molecule has 7 heteroatoms. The van der Waals surface area contributed by atoms with Gasteiger partial charge in [0.1, 0.15) is 5.82 Å². The number of carbonyl (C=O) groups is 2. The number of rotatable bonds is 6. The van der Waals surface area contributed by atoms with Crippen molar-refractivity contribution in [1.82, 2.24) is 0 Å². The van der Waals surface area contributed by atoms with Gasteiger partial charge in [-0.2, -0.15) is 0 Å². The zero-order valence-corrected chi connectivity index (χ0v) is 16.2. The molecule has 2 aromatic carbocycles. The standard InChI is InChI=1S/C18H18BrFN2O2S/c1-3-17(18(24)22-16-8-7-12(19)9-15(16)20)25-14-6-4-5-13(10-14)21-11(2)23/h4-10,17H,3H2,1-2H3,(H,21,23)(H,22,24). The second-order valence-electron chi connectivity index (χ2n) is 5.34. The number of amides is 2. The summed E-state index contributed by atoms with van der Waals surface area (Å²) in [6.07, 6.45) is 0.582. The molecule has 2 aromatic rings. The van der Waals surface area contributed by atoms with Gasteiger partial charge in [-0.05, 0) is 42.8 Å². The lowest BCUT2D eigenvalue weighted by Gasteiger charge is -2.16. The molecule has 0 aliphatic rings. The van der Waals surface area contributed by atoms with Crippen molar-refractivity contribution in [1.29, 1.82) is 0 Å². The van der Waals surface area contributed by atoms with Gasteiger partial charge in [0.15, 0.2) is 0 Å². The number of hydrogen-bond acceptors (Lipinski definition) is 3. The Kier molecular flexibility index (Phi) is 7.01. The van der Waals surface area contributed by atoms with Crippen LogP contribution in [0.1, 0.15) is 20.3 Å². The fraction of sp³-hybridized carbons (Fsp3) is 0.222. The van der Waals surface area contributed by atoms with Crippen LogP contribution < -0.4 is 10.6 Å². The lowest BCUT2D eigenvalue weighted by molar-refractivity contribution is -0.116. The summed E-state index contributed by atoms with van der Waals surface area (Å²) in [6, 6.07) is 11.8. The Hall–Kier alpha value is -1.86. The third kappa shape index (κ3) is 5.86. The monoisotopic (exact) mass is 424 g/mol. The third-order valence-corrected chi connectivity index (χ3v) is 5.14. The molecule has 0 aliphatic heterocycles. The van der Waals surface area contributed by atoms with Crippen LogP contribution in [0.4, 0.5) is 15.8 Å². The molecule has 2 rings (SSSR count). The third-order valence-electron chi connectivity index (χ3n) is 3.28. The van der Waals surface area contributed by atoms with Crippen LogP contribution in [0.25, 0.3) is 0 Å². The van der Waals surface area contributed by atoms with E-state index in [4.69, 9.17) is 0 Å². The first-order chi connectivity index (χ1) is 11.9. The summed E-state index contributed by atoms with van der Waals surface area (Å²) >= 11 is 4.56. The van der Waals surface area contributed by atoms with Crippen molar-refractivity contribution in [2.75, 3.05) is 10.6 Å². The SMILES string of the molecule is CCC(Sc1cccc(NC(C)=O)c1)C(=O)Nc1ccc(Br)cc1F. The highest BCUT2D eigenvalue weighted by atomic mass is 79.9. The van der Waals surface area contributed by atoms with Crippen LogP contribution in [0.5, 0.6) is 0 Å². The van der Waals surface area contributed by atoms with Gasteiger partial charge < -0.3 is 10.6 Å². The van der Waals surface area contributed by atoms with E-state index in [1.165, 1.54) is 30.8 Å². The minimum Gasteiger partial charge on any atom is -0.326 e. The van der Waals surface area contributed by atoms with Gasteiger partial charge in [-0.1, -0.05) is 28.9 Å². The maximum Gasteiger partial charge on any atom is 0.237 e. The van der Waals surface area contributed by atoms with Crippen molar-refractivity contribution in [3.63, 3.8) is 0 Å². The largest absolute Gasteiger partial charge is 0.326 e. The predicted octanol–water partition coefficient (Wildman–Crippen LogP) is 5.06. The van der Waals surface area contributed by atoms with E-state index in [2.05, 4.69) is 26.6 Å². The molecule has 0 spiro atoms. The van der Waals surface area contributed by atoms with Crippen LogP contribution in [0, 0.1) is 5.82 Å². The molecule has 0 fully saturated rings. The van der Waals surface area contributed by atoms with Gasteiger partial charge in [0.2, 0.25) is 11.8 Å². The second kappa shape index (κ2) is 9.01. The van der Waals surface area contributed by atoms with Crippen LogP contribution >= 0.6 is 27.7 Å². The summed E-state index contributed by atoms with van der Waals surface area (Å²) in [6.45, 7) is 3.34. The lowest BCUT2D eigenvalue weighted by atomic mass is 10.2. The van der Waals surface area contributed by atoms with Crippen LogP contribution in [0.2, 0.25) is 0 Å². The van der Waals surface area contributed by atoms with Crippen LogP contribution in [-0.4, -0.2) is 17.1 Å². The fourth-order valence-electron chi connectivity index (χ4n) is 2.14. The van der Waals surface area contributed by atoms with Crippen LogP contribution in [-0.2, 0) is 9.59 Å². The molecule has 0 saturated carbocycles. The molecule has 2 amide bonds. The van der Waals surface area contributed by atoms with Crippen molar-refractivity contribution in [2.24, 2.45) is 0 Å². The maximum absolute atomic E-state index is 13.9. The summed E-state index contributed by atoms with van der Waals surface area (Å²) in [7, 11) is 0. The number of thioether (sulfide) groups is 1. The molecule has 0 aromatic heterocycles. The van der Waals surface area contributed by atoms with Crippen molar-refractivity contribution in [2.45, 2.75) is 30.4 Å². The smallest absolute Gasteiger partial charge is 0.237 e. The van der Waals surface area contributed by atoms with E-state index in [1.54, 1.807) is 12.1 Å². The summed E-state index contributed by atoms with van der Waals surface area (Å²) in [5.41, 5.74) is 0.825. The van der Waals surface area contributed by atoms with Crippen molar-refractivity contribution in [3.8, 4) is 0 Å². The van der Waals surface area contributed by atoms with Gasteiger partial charge in [0, 0.05) is 22.0 Å². The molecular formula is C18H18BrFN2O2S. The molecule has 2 N–H and O–H groups in total. The number of carbonyl (C=O) groups excluding carboxylic acids is 2. The quantitative estimate of drug-likeness (QED) is 0.637. The van der Waals surface area contributed by atoms with Gasteiger partial charge in [-0.15, -0.1) is 11.8 Å². The van der Waals surface area contributed by atoms with E-state index < -0.39 is 5.82 Å². The molecule has 1 atom stereocenters. The number of anilines is 2. The van der Waals surface area contributed by atoms with Gasteiger partial charge in [-0.3, -0.25) is 9.59 Å². The van der Waals surface area contributed by atoms with Crippen molar-refractivity contribution in [3.05, 3.63) is 52.8 Å². The van der Waals surface area contributed by atoms with Gasteiger partial charge in [-0.25, -0.2) is 4.39 Å². The Morgan fingerprint density at radius 2 is 1.96 bits per heavy atom. The van der Waals surface area contributed by atoms with Crippen molar-refractivity contribution < 1.29 is 14.0 Å². The van der Waals surface area contributed by atoms with E-state index in [9.17, 15) is 14.0 Å². The highest BCUT2D eigenvalue weighted by Gasteiger charge is 2.19. The Morgan fingerprint density at radius 1 is 1.20 bits per heavy atom. The lowest BCUT2D eigenvalue weighted by Crippen LogP contribution is -2.25. The van der Waals surface area contributed by atoms with E-state index >= 15 is 0 Å². The molecule has 0 bridgehead atoms. The predicted molar refractivity (Wildman–Crippen MR) is 103 cm³/mol. The van der Waals surface area contributed by atoms with Gasteiger partial charge in [0.25, 0.3) is 0 Å². The number of halogens is 2. The molecule has 0 heterocycles. The van der Waals surface area contributed by atoms with E-state index in [0.29, 0.717) is 16.6 Å². The molecule has 0 aliphatic carbocycles. The zero-order chi connectivity index (χ0) is 18.4. The minimum atomic E-state index is -0.491. The second-order valence-corrected chi connectivity index (χ2v) is 7.53. The summed E-state index contributed by atoms with van der Waals surface area (Å²) in [4.78, 5) is 24.5. The zero-order valence-electron chi connectivity index (χ0n) is 13.8. The molecule has 25 heavy (non-hydrogen) atoms. The first-order valence-corrected chi connectivity index (χ1v) is 9.36. The average Bonchev–Trinajstić information content (AvgIpc) is 2.55. The highest BCUT2D eigenvalue weighted by Crippen LogP contribution is 2.29. The Morgan fingerprint density at radius 3 is 2.60 bits per heavy atom. The van der Waals surface area contributed by atoms with E-state index in [1.807, 2.05) is 25.1 Å². The van der Waals surface area contributed by atoms with Crippen LogP contribution in [0.3, 0.4) is 0 Å². The topological polar surface area (TPSA) is 58.2 Å². The molecular weight excluding hydrogens is 407 g/mol. The fourth-order valence-corrected chi connectivity index (χ4v) is 3.49. The molecule has 1 unspecified atom stereocenters. The summed E-state index contributed by atoms with van der Waals surface area (Å²) in [5.74, 6) is -0.911. The molecule has 0 radical (unpaired) electrons. The van der Waals surface area contributed by atoms with Crippen LogP contribution in [0.15, 0.2) is 51.8 Å². The highest BCUT2D eigenvalue weighted by molar-refractivity contribution is 9.10. The van der Waals surface area contributed by atoms with E-state index in [-0.39, 0.29) is 22.8 Å². The normalized spacial score (nSPS) is 11.7. The Bertz CT molecular complexity index is 785. The Labute approximate surface area is 158 Å². The van der Waals surface area contributed by atoms with E-state index in [0.717, 1.165) is 4.90 Å². The molecule has 0 saturated heterocycles. The first kappa shape index (κ1) is 19.5. The summed E-state index contributed by atoms with van der Waals surface area (Å²) < 4.78 is 14.5. The van der Waals surface area contributed by atoms with Gasteiger partial charge in [0.05, 0.1) is 10.9 Å².